The summed E-state index contributed by atoms with van der Waals surface area (Å²) < 4.78 is 29.2. The molecule has 0 spiro atoms. The zero-order chi connectivity index (χ0) is 19.7. The molecule has 9 heteroatoms. The molecule has 2 aromatic heterocycles. The van der Waals surface area contributed by atoms with Crippen LogP contribution in [-0.4, -0.2) is 48.4 Å². The van der Waals surface area contributed by atoms with Gasteiger partial charge in [-0.25, -0.2) is 8.78 Å². The molecule has 152 valence electrons. The Kier molecular flexibility index (Phi) is 5.41. The Bertz CT molecular complexity index is 838. The van der Waals surface area contributed by atoms with Gasteiger partial charge in [0.2, 0.25) is 5.91 Å². The number of alkyl halides is 2. The second-order valence-corrected chi connectivity index (χ2v) is 7.76. The standard InChI is InChI=1S/C19H26F2N6O/c1-13-11-15(18(20)21)24-27(13)12-17(28)25-9-6-14(7-10-25)19-23-22-16-5-3-2-4-8-26(16)19/h11,14,18H,2-10,12H2,1H3. The Hall–Kier alpha value is -2.32. The van der Waals surface area contributed by atoms with Crippen molar-refractivity contribution in [2.75, 3.05) is 13.1 Å². The zero-order valence-corrected chi connectivity index (χ0v) is 16.2. The van der Waals surface area contributed by atoms with Gasteiger partial charge in [-0.3, -0.25) is 9.48 Å². The molecule has 1 amide bonds. The van der Waals surface area contributed by atoms with Crippen LogP contribution in [0.2, 0.25) is 0 Å². The van der Waals surface area contributed by atoms with Crippen LogP contribution in [0.1, 0.15) is 67.5 Å². The highest BCUT2D eigenvalue weighted by molar-refractivity contribution is 5.76. The first-order valence-electron chi connectivity index (χ1n) is 10.0. The van der Waals surface area contributed by atoms with Crippen LogP contribution in [-0.2, 0) is 24.3 Å². The van der Waals surface area contributed by atoms with Gasteiger partial charge in [0.05, 0.1) is 0 Å². The van der Waals surface area contributed by atoms with Crippen molar-refractivity contribution in [1.29, 1.82) is 0 Å². The number of amides is 1. The summed E-state index contributed by atoms with van der Waals surface area (Å²) in [6.45, 7) is 3.97. The number of fused-ring (bicyclic) bond motifs is 1. The third-order valence-electron chi connectivity index (χ3n) is 5.86. The molecule has 1 fully saturated rings. The summed E-state index contributed by atoms with van der Waals surface area (Å²) in [4.78, 5) is 14.4. The SMILES string of the molecule is Cc1cc(C(F)F)nn1CC(=O)N1CCC(c2nnc3n2CCCCC3)CC1. The lowest BCUT2D eigenvalue weighted by Crippen LogP contribution is -2.40. The van der Waals surface area contributed by atoms with Crippen LogP contribution in [0.5, 0.6) is 0 Å². The summed E-state index contributed by atoms with van der Waals surface area (Å²) >= 11 is 0. The van der Waals surface area contributed by atoms with Gasteiger partial charge in [-0.2, -0.15) is 5.10 Å². The number of carbonyl (C=O) groups is 1. The van der Waals surface area contributed by atoms with E-state index in [0.717, 1.165) is 37.5 Å². The predicted octanol–water partition coefficient (Wildman–Crippen LogP) is 2.85. The normalized spacial score (nSPS) is 18.4. The van der Waals surface area contributed by atoms with Crippen LogP contribution >= 0.6 is 0 Å². The lowest BCUT2D eigenvalue weighted by Gasteiger charge is -2.31. The van der Waals surface area contributed by atoms with Crippen LogP contribution in [0.15, 0.2) is 6.07 Å². The maximum absolute atomic E-state index is 12.8. The average molecular weight is 392 g/mol. The molecule has 4 rings (SSSR count). The van der Waals surface area contributed by atoms with Gasteiger partial charge in [-0.05, 0) is 38.7 Å². The minimum atomic E-state index is -2.62. The van der Waals surface area contributed by atoms with Crippen molar-refractivity contribution in [3.63, 3.8) is 0 Å². The highest BCUT2D eigenvalue weighted by atomic mass is 19.3. The maximum Gasteiger partial charge on any atom is 0.282 e. The maximum atomic E-state index is 12.8. The lowest BCUT2D eigenvalue weighted by molar-refractivity contribution is -0.133. The van der Waals surface area contributed by atoms with Gasteiger partial charge in [-0.15, -0.1) is 10.2 Å². The fourth-order valence-corrected chi connectivity index (χ4v) is 4.23. The van der Waals surface area contributed by atoms with Crippen LogP contribution in [0.4, 0.5) is 8.78 Å². The largest absolute Gasteiger partial charge is 0.341 e. The van der Waals surface area contributed by atoms with Crippen molar-refractivity contribution < 1.29 is 13.6 Å². The summed E-state index contributed by atoms with van der Waals surface area (Å²) in [5, 5.41) is 12.7. The van der Waals surface area contributed by atoms with Crippen molar-refractivity contribution in [2.45, 2.75) is 70.9 Å². The third kappa shape index (κ3) is 3.79. The van der Waals surface area contributed by atoms with E-state index in [1.165, 1.54) is 30.0 Å². The Labute approximate surface area is 162 Å². The van der Waals surface area contributed by atoms with E-state index in [1.807, 2.05) is 0 Å². The number of carbonyl (C=O) groups excluding carboxylic acids is 1. The van der Waals surface area contributed by atoms with E-state index < -0.39 is 6.43 Å². The Morgan fingerprint density at radius 1 is 1.18 bits per heavy atom. The number of rotatable bonds is 4. The molecule has 0 N–H and O–H groups in total. The minimum absolute atomic E-state index is 0.00352. The molecule has 0 saturated carbocycles. The number of piperidine rings is 1. The third-order valence-corrected chi connectivity index (χ3v) is 5.86. The molecule has 0 aromatic carbocycles. The Morgan fingerprint density at radius 3 is 2.68 bits per heavy atom. The van der Waals surface area contributed by atoms with E-state index in [-0.39, 0.29) is 18.1 Å². The van der Waals surface area contributed by atoms with Gasteiger partial charge in [0.25, 0.3) is 6.43 Å². The summed E-state index contributed by atoms with van der Waals surface area (Å²) in [6, 6.07) is 1.33. The molecular formula is C19H26F2N6O. The number of nitrogens with zero attached hydrogens (tertiary/aromatic N) is 6. The Balaban J connectivity index is 1.37. The summed E-state index contributed by atoms with van der Waals surface area (Å²) in [6.07, 6.45) is 3.65. The molecule has 0 aliphatic carbocycles. The second kappa shape index (κ2) is 7.97. The summed E-state index contributed by atoms with van der Waals surface area (Å²) in [7, 11) is 0. The molecule has 28 heavy (non-hydrogen) atoms. The molecule has 2 aliphatic rings. The van der Waals surface area contributed by atoms with Crippen LogP contribution in [0, 0.1) is 6.92 Å². The highest BCUT2D eigenvalue weighted by Gasteiger charge is 2.29. The molecule has 0 bridgehead atoms. The minimum Gasteiger partial charge on any atom is -0.341 e. The molecule has 0 radical (unpaired) electrons. The molecule has 7 nitrogen and oxygen atoms in total. The molecule has 0 unspecified atom stereocenters. The fourth-order valence-electron chi connectivity index (χ4n) is 4.23. The predicted molar refractivity (Wildman–Crippen MR) is 98.1 cm³/mol. The molecule has 2 aliphatic heterocycles. The first kappa shape index (κ1) is 19.0. The first-order valence-corrected chi connectivity index (χ1v) is 10.0. The number of halogens is 2. The number of aryl methyl sites for hydroxylation is 2. The van der Waals surface area contributed by atoms with E-state index in [4.69, 9.17) is 0 Å². The van der Waals surface area contributed by atoms with Gasteiger partial charge in [0.1, 0.15) is 23.9 Å². The van der Waals surface area contributed by atoms with Gasteiger partial charge >= 0.3 is 0 Å². The monoisotopic (exact) mass is 392 g/mol. The van der Waals surface area contributed by atoms with Gasteiger partial charge in [0.15, 0.2) is 0 Å². The Morgan fingerprint density at radius 2 is 1.96 bits per heavy atom. The van der Waals surface area contributed by atoms with Gasteiger partial charge < -0.3 is 9.47 Å². The zero-order valence-electron chi connectivity index (χ0n) is 16.2. The lowest BCUT2D eigenvalue weighted by atomic mass is 9.95. The summed E-state index contributed by atoms with van der Waals surface area (Å²) in [5.41, 5.74) is 0.293. The van der Waals surface area contributed by atoms with Gasteiger partial charge in [-0.1, -0.05) is 6.42 Å². The van der Waals surface area contributed by atoms with E-state index in [2.05, 4.69) is 19.9 Å². The average Bonchev–Trinajstić information content (AvgIpc) is 3.17. The van der Waals surface area contributed by atoms with Crippen molar-refractivity contribution in [2.24, 2.45) is 0 Å². The van der Waals surface area contributed by atoms with Crippen LogP contribution in [0.3, 0.4) is 0 Å². The van der Waals surface area contributed by atoms with E-state index in [1.54, 1.807) is 11.8 Å². The number of likely N-dealkylation sites (tertiary alicyclic amines) is 1. The summed E-state index contributed by atoms with van der Waals surface area (Å²) in [5.74, 6) is 2.40. The number of aromatic nitrogens is 5. The topological polar surface area (TPSA) is 68.8 Å². The number of hydrogen-bond donors (Lipinski definition) is 0. The molecular weight excluding hydrogens is 366 g/mol. The smallest absolute Gasteiger partial charge is 0.282 e. The van der Waals surface area contributed by atoms with E-state index in [0.29, 0.717) is 24.7 Å². The van der Waals surface area contributed by atoms with E-state index in [9.17, 15) is 13.6 Å². The molecule has 4 heterocycles. The molecule has 0 atom stereocenters. The number of hydrogen-bond acceptors (Lipinski definition) is 4. The van der Waals surface area contributed by atoms with Crippen molar-refractivity contribution >= 4 is 5.91 Å². The van der Waals surface area contributed by atoms with Crippen molar-refractivity contribution in [3.05, 3.63) is 29.1 Å². The fraction of sp³-hybridized carbons (Fsp3) is 0.684. The van der Waals surface area contributed by atoms with E-state index >= 15 is 0 Å². The molecule has 2 aromatic rings. The van der Waals surface area contributed by atoms with Crippen molar-refractivity contribution in [1.82, 2.24) is 29.4 Å². The van der Waals surface area contributed by atoms with Crippen LogP contribution < -0.4 is 0 Å². The molecule has 1 saturated heterocycles. The first-order chi connectivity index (χ1) is 13.5. The second-order valence-electron chi connectivity index (χ2n) is 7.76. The van der Waals surface area contributed by atoms with Crippen molar-refractivity contribution in [3.8, 4) is 0 Å². The van der Waals surface area contributed by atoms with Crippen LogP contribution in [0.25, 0.3) is 0 Å². The highest BCUT2D eigenvalue weighted by Crippen LogP contribution is 2.29. The quantitative estimate of drug-likeness (QED) is 0.802. The van der Waals surface area contributed by atoms with Gasteiger partial charge in [0, 0.05) is 37.7 Å².